The monoisotopic (exact) mass is 614 g/mol. The van der Waals surface area contributed by atoms with Crippen molar-refractivity contribution in [2.75, 3.05) is 59.5 Å². The molecule has 0 aliphatic heterocycles. The second-order valence-corrected chi connectivity index (χ2v) is 7.35. The first kappa shape index (κ1) is 55.5. The molecule has 0 spiro atoms. The lowest BCUT2D eigenvalue weighted by molar-refractivity contribution is -0.152. The topological polar surface area (TPSA) is 203 Å². The van der Waals surface area contributed by atoms with Crippen LogP contribution < -0.4 is 0 Å². The number of carbonyl (C=O) groups is 2. The normalized spacial score (nSPS) is 9.86. The van der Waals surface area contributed by atoms with Gasteiger partial charge in [-0.05, 0) is 34.1 Å². The second kappa shape index (κ2) is 62.3. The molecule has 2 unspecified atom stereocenters. The highest BCUT2D eigenvalue weighted by atomic mass is 16.5. The number of hydrogen-bond acceptors (Lipinski definition) is 10. The Morgan fingerprint density at radius 3 is 1.31 bits per heavy atom. The number of carboxylic acid groups (broad SMARTS) is 2. The van der Waals surface area contributed by atoms with E-state index in [1.54, 1.807) is 24.3 Å². The Labute approximate surface area is 254 Å². The molecule has 42 heavy (non-hydrogen) atoms. The summed E-state index contributed by atoms with van der Waals surface area (Å²) in [5, 5.41) is 57.3. The Morgan fingerprint density at radius 1 is 0.690 bits per heavy atom. The van der Waals surface area contributed by atoms with Gasteiger partial charge in [-0.1, -0.05) is 44.1 Å². The number of aliphatic carboxylic acids is 2. The van der Waals surface area contributed by atoms with Crippen LogP contribution in [0, 0.1) is 0 Å². The zero-order chi connectivity index (χ0) is 34.5. The first-order valence-corrected chi connectivity index (χ1v) is 13.6. The summed E-state index contributed by atoms with van der Waals surface area (Å²) >= 11 is 0. The van der Waals surface area contributed by atoms with Gasteiger partial charge < -0.3 is 50.0 Å². The van der Waals surface area contributed by atoms with Crippen LogP contribution in [0.15, 0.2) is 50.6 Å². The van der Waals surface area contributed by atoms with Crippen molar-refractivity contribution in [3.05, 3.63) is 50.6 Å². The third kappa shape index (κ3) is 108. The standard InChI is InChI=1S/C12H26O5.C4H6O5.4C3H6.C2H6O2/c1-2-3-4-12(14)11-17-10-9-16-8-7-15-6-5-13;5-2(4(8)9)1-3(6)7;4*1-3-2;3-1-2-4/h12-14H,2-11H2,1H3;2,5H,1H2,(H,6,7)(H,8,9);4*3H,1H2,2H3;3-4H,1-2H2. The number of unbranched alkanes of at least 4 members (excludes halogenated alkanes) is 1. The molecule has 7 N–H and O–H groups in total. The van der Waals surface area contributed by atoms with Crippen molar-refractivity contribution in [3.63, 3.8) is 0 Å². The lowest BCUT2D eigenvalue weighted by Crippen LogP contribution is -2.22. The van der Waals surface area contributed by atoms with Gasteiger partial charge in [0.25, 0.3) is 0 Å². The van der Waals surface area contributed by atoms with Gasteiger partial charge in [0.1, 0.15) is 0 Å². The maximum absolute atomic E-state index is 9.72. The van der Waals surface area contributed by atoms with Crippen LogP contribution in [0.2, 0.25) is 0 Å². The molecule has 0 radical (unpaired) electrons. The van der Waals surface area contributed by atoms with Gasteiger partial charge in [0.05, 0.1) is 72.0 Å². The van der Waals surface area contributed by atoms with Gasteiger partial charge in [-0.2, -0.15) is 0 Å². The fourth-order valence-electron chi connectivity index (χ4n) is 1.50. The Kier molecular flexibility index (Phi) is 82.3. The number of rotatable bonds is 17. The fraction of sp³-hybridized carbons (Fsp3) is 0.667. The fourth-order valence-corrected chi connectivity index (χ4v) is 1.50. The smallest absolute Gasteiger partial charge is 0.333 e. The minimum absolute atomic E-state index is 0.0404. The van der Waals surface area contributed by atoms with Crippen LogP contribution >= 0.6 is 0 Å². The van der Waals surface area contributed by atoms with Gasteiger partial charge in [-0.25, -0.2) is 4.79 Å². The van der Waals surface area contributed by atoms with Crippen molar-refractivity contribution in [2.24, 2.45) is 0 Å². The molecule has 0 saturated carbocycles. The summed E-state index contributed by atoms with van der Waals surface area (Å²) in [5.74, 6) is -2.85. The number of carboxylic acids is 2. The molecule has 0 fully saturated rings. The Morgan fingerprint density at radius 2 is 1.05 bits per heavy atom. The molecule has 0 bridgehead atoms. The van der Waals surface area contributed by atoms with E-state index in [4.69, 9.17) is 44.8 Å². The van der Waals surface area contributed by atoms with E-state index < -0.39 is 24.5 Å². The molecule has 254 valence electrons. The zero-order valence-corrected chi connectivity index (χ0v) is 26.7. The molecular formula is C30H62O12. The van der Waals surface area contributed by atoms with Crippen LogP contribution in [0.1, 0.15) is 60.3 Å². The molecule has 0 aliphatic rings. The lowest BCUT2D eigenvalue weighted by atomic mass is 10.2. The largest absolute Gasteiger partial charge is 0.481 e. The Balaban J connectivity index is -0.0000000817. The van der Waals surface area contributed by atoms with Gasteiger partial charge in [0.2, 0.25) is 0 Å². The van der Waals surface area contributed by atoms with Crippen LogP contribution in [-0.4, -0.2) is 119 Å². The summed E-state index contributed by atoms with van der Waals surface area (Å²) in [7, 11) is 0. The molecule has 0 aliphatic carbocycles. The summed E-state index contributed by atoms with van der Waals surface area (Å²) in [6.07, 6.45) is 7.02. The van der Waals surface area contributed by atoms with Crippen LogP contribution in [0.3, 0.4) is 0 Å². The summed E-state index contributed by atoms with van der Waals surface area (Å²) in [5.41, 5.74) is 0. The Bertz CT molecular complexity index is 502. The molecule has 2 atom stereocenters. The minimum Gasteiger partial charge on any atom is -0.481 e. The Hall–Kier alpha value is -2.42. The predicted molar refractivity (Wildman–Crippen MR) is 169 cm³/mol. The maximum Gasteiger partial charge on any atom is 0.333 e. The summed E-state index contributed by atoms with van der Waals surface area (Å²) in [6.45, 7) is 25.6. The molecule has 0 aromatic heterocycles. The first-order chi connectivity index (χ1) is 19.9. The van der Waals surface area contributed by atoms with E-state index >= 15 is 0 Å². The summed E-state index contributed by atoms with van der Waals surface area (Å²) in [4.78, 5) is 19.4. The van der Waals surface area contributed by atoms with Crippen molar-refractivity contribution in [3.8, 4) is 0 Å². The molecule has 12 nitrogen and oxygen atoms in total. The van der Waals surface area contributed by atoms with Gasteiger partial charge in [0.15, 0.2) is 6.10 Å². The molecule has 0 heterocycles. The highest BCUT2D eigenvalue weighted by molar-refractivity contribution is 5.79. The lowest BCUT2D eigenvalue weighted by Gasteiger charge is -2.10. The van der Waals surface area contributed by atoms with Crippen molar-refractivity contribution < 1.29 is 59.5 Å². The van der Waals surface area contributed by atoms with Crippen molar-refractivity contribution in [2.45, 2.75) is 72.5 Å². The van der Waals surface area contributed by atoms with E-state index in [-0.39, 0.29) is 25.9 Å². The second-order valence-electron chi connectivity index (χ2n) is 7.35. The number of aliphatic hydroxyl groups is 5. The molecule has 12 heteroatoms. The van der Waals surface area contributed by atoms with Gasteiger partial charge >= 0.3 is 11.9 Å². The zero-order valence-electron chi connectivity index (χ0n) is 26.7. The van der Waals surface area contributed by atoms with E-state index in [2.05, 4.69) is 33.2 Å². The van der Waals surface area contributed by atoms with Crippen LogP contribution in [0.4, 0.5) is 0 Å². The molecule has 0 aromatic carbocycles. The molecule has 0 rings (SSSR count). The number of allylic oxidation sites excluding steroid dienone is 4. The van der Waals surface area contributed by atoms with Gasteiger partial charge in [-0.3, -0.25) is 4.79 Å². The van der Waals surface area contributed by atoms with E-state index in [1.165, 1.54) is 0 Å². The molecular weight excluding hydrogens is 552 g/mol. The van der Waals surface area contributed by atoms with Gasteiger partial charge in [-0.15, -0.1) is 26.3 Å². The van der Waals surface area contributed by atoms with Crippen LogP contribution in [0.5, 0.6) is 0 Å². The molecule has 0 amide bonds. The molecule has 0 aromatic rings. The quantitative estimate of drug-likeness (QED) is 0.0932. The van der Waals surface area contributed by atoms with Crippen molar-refractivity contribution in [1.82, 2.24) is 0 Å². The number of ether oxygens (including phenoxy) is 3. The third-order valence-electron chi connectivity index (χ3n) is 2.93. The highest BCUT2D eigenvalue weighted by Gasteiger charge is 2.16. The predicted octanol–water partition coefficient (Wildman–Crippen LogP) is 3.23. The van der Waals surface area contributed by atoms with E-state index in [0.717, 1.165) is 19.3 Å². The van der Waals surface area contributed by atoms with Crippen molar-refractivity contribution in [1.29, 1.82) is 0 Å². The van der Waals surface area contributed by atoms with Gasteiger partial charge in [0, 0.05) is 0 Å². The van der Waals surface area contributed by atoms with E-state index in [9.17, 15) is 14.7 Å². The first-order valence-electron chi connectivity index (χ1n) is 13.6. The number of hydrogen-bond donors (Lipinski definition) is 7. The average Bonchev–Trinajstić information content (AvgIpc) is 2.93. The van der Waals surface area contributed by atoms with Crippen LogP contribution in [-0.2, 0) is 23.8 Å². The van der Waals surface area contributed by atoms with E-state index in [1.807, 2.05) is 27.7 Å². The van der Waals surface area contributed by atoms with Crippen LogP contribution in [0.25, 0.3) is 0 Å². The maximum atomic E-state index is 9.72. The number of aliphatic hydroxyl groups excluding tert-OH is 5. The third-order valence-corrected chi connectivity index (χ3v) is 2.93. The average molecular weight is 615 g/mol. The summed E-state index contributed by atoms with van der Waals surface area (Å²) in [6, 6.07) is 0. The SMILES string of the molecule is C=CC.C=CC.C=CC.C=CC.CCCCC(O)COCCOCCOCCO.O=C(O)CC(O)C(=O)O.OCCO. The van der Waals surface area contributed by atoms with Crippen molar-refractivity contribution >= 4 is 11.9 Å². The molecule has 0 saturated heterocycles. The minimum atomic E-state index is -1.79. The highest BCUT2D eigenvalue weighted by Crippen LogP contribution is 2.00. The van der Waals surface area contributed by atoms with E-state index in [0.29, 0.717) is 39.6 Å². The summed E-state index contributed by atoms with van der Waals surface area (Å²) < 4.78 is 15.5.